The average molecular weight is 295 g/mol. The lowest BCUT2D eigenvalue weighted by molar-refractivity contribution is -0.179. The first-order chi connectivity index (χ1) is 9.97. The van der Waals surface area contributed by atoms with Crippen molar-refractivity contribution in [2.45, 2.75) is 19.0 Å². The highest BCUT2D eigenvalue weighted by molar-refractivity contribution is 5.98. The fraction of sp³-hybridized carbons (Fsp3) is 0.400. The van der Waals surface area contributed by atoms with Crippen LogP contribution < -0.4 is 10.6 Å². The van der Waals surface area contributed by atoms with E-state index < -0.39 is 12.1 Å². The number of alkyl halides is 3. The summed E-state index contributed by atoms with van der Waals surface area (Å²) in [5.41, 5.74) is 7.60. The number of halogens is 3. The number of nitrogen functional groups attached to an aromatic ring is 1. The second kappa shape index (κ2) is 5.09. The first kappa shape index (κ1) is 14.0. The minimum absolute atomic E-state index is 0.122. The van der Waals surface area contributed by atoms with Crippen LogP contribution in [-0.4, -0.2) is 24.2 Å². The fourth-order valence-corrected chi connectivity index (χ4v) is 2.90. The van der Waals surface area contributed by atoms with Gasteiger partial charge >= 0.3 is 6.18 Å². The van der Waals surface area contributed by atoms with Gasteiger partial charge in [-0.1, -0.05) is 6.07 Å². The molecular formula is C15H16F3N3. The second-order valence-corrected chi connectivity index (χ2v) is 5.40. The normalized spacial score (nSPS) is 17.4. The van der Waals surface area contributed by atoms with Crippen molar-refractivity contribution in [1.29, 1.82) is 0 Å². The molecule has 0 bridgehead atoms. The number of pyridine rings is 1. The quantitative estimate of drug-likeness (QED) is 0.817. The summed E-state index contributed by atoms with van der Waals surface area (Å²) in [5.74, 6) is -1.19. The predicted octanol–water partition coefficient (Wildman–Crippen LogP) is 3.60. The maximum absolute atomic E-state index is 12.7. The molecule has 21 heavy (non-hydrogen) atoms. The molecule has 1 aliphatic heterocycles. The molecule has 3 rings (SSSR count). The standard InChI is InChI=1S/C15H16F3N3/c16-15(17,18)11-4-7-21(8-5-11)13-2-1-10-9-20-6-3-12(10)14(13)19/h1-3,6,9,11H,4-5,7-8,19H2. The van der Waals surface area contributed by atoms with Gasteiger partial charge in [0, 0.05) is 36.3 Å². The summed E-state index contributed by atoms with van der Waals surface area (Å²) in [7, 11) is 0. The van der Waals surface area contributed by atoms with Gasteiger partial charge in [-0.25, -0.2) is 0 Å². The molecule has 1 aromatic carbocycles. The van der Waals surface area contributed by atoms with Crippen LogP contribution in [0.2, 0.25) is 0 Å². The van der Waals surface area contributed by atoms with Crippen LogP contribution in [0.25, 0.3) is 10.8 Å². The van der Waals surface area contributed by atoms with Gasteiger partial charge in [-0.3, -0.25) is 4.98 Å². The molecule has 0 radical (unpaired) electrons. The molecule has 112 valence electrons. The lowest BCUT2D eigenvalue weighted by Gasteiger charge is -2.35. The zero-order valence-electron chi connectivity index (χ0n) is 11.4. The Balaban J connectivity index is 1.84. The topological polar surface area (TPSA) is 42.1 Å². The monoisotopic (exact) mass is 295 g/mol. The molecule has 0 atom stereocenters. The van der Waals surface area contributed by atoms with Gasteiger partial charge in [0.2, 0.25) is 0 Å². The van der Waals surface area contributed by atoms with Crippen LogP contribution in [0.4, 0.5) is 24.5 Å². The summed E-state index contributed by atoms with van der Waals surface area (Å²) in [6.07, 6.45) is -0.453. The summed E-state index contributed by atoms with van der Waals surface area (Å²) in [4.78, 5) is 5.98. The van der Waals surface area contributed by atoms with E-state index in [0.29, 0.717) is 18.8 Å². The molecule has 1 aliphatic rings. The van der Waals surface area contributed by atoms with E-state index in [-0.39, 0.29) is 12.8 Å². The largest absolute Gasteiger partial charge is 0.397 e. The molecule has 2 heterocycles. The van der Waals surface area contributed by atoms with Gasteiger partial charge in [-0.05, 0) is 25.0 Å². The summed E-state index contributed by atoms with van der Waals surface area (Å²) in [6.45, 7) is 0.760. The van der Waals surface area contributed by atoms with Crippen LogP contribution in [0.1, 0.15) is 12.8 Å². The van der Waals surface area contributed by atoms with E-state index in [4.69, 9.17) is 5.73 Å². The molecule has 3 nitrogen and oxygen atoms in total. The number of fused-ring (bicyclic) bond motifs is 1. The van der Waals surface area contributed by atoms with Gasteiger partial charge in [0.25, 0.3) is 0 Å². The summed E-state index contributed by atoms with van der Waals surface area (Å²) in [5, 5.41) is 1.82. The fourth-order valence-electron chi connectivity index (χ4n) is 2.90. The van der Waals surface area contributed by atoms with Crippen LogP contribution in [-0.2, 0) is 0 Å². The number of piperidine rings is 1. The van der Waals surface area contributed by atoms with Crippen molar-refractivity contribution in [3.63, 3.8) is 0 Å². The van der Waals surface area contributed by atoms with Crippen LogP contribution in [0.3, 0.4) is 0 Å². The third kappa shape index (κ3) is 2.62. The summed E-state index contributed by atoms with van der Waals surface area (Å²) in [6, 6.07) is 5.60. The van der Waals surface area contributed by atoms with Gasteiger partial charge in [0.05, 0.1) is 17.3 Å². The highest BCUT2D eigenvalue weighted by atomic mass is 19.4. The Morgan fingerprint density at radius 3 is 2.52 bits per heavy atom. The summed E-state index contributed by atoms with van der Waals surface area (Å²) >= 11 is 0. The number of rotatable bonds is 1. The second-order valence-electron chi connectivity index (χ2n) is 5.40. The lowest BCUT2D eigenvalue weighted by Crippen LogP contribution is -2.39. The van der Waals surface area contributed by atoms with Crippen LogP contribution in [0.15, 0.2) is 30.6 Å². The number of anilines is 2. The lowest BCUT2D eigenvalue weighted by atomic mass is 9.95. The predicted molar refractivity (Wildman–Crippen MR) is 77.1 cm³/mol. The minimum atomic E-state index is -4.09. The maximum Gasteiger partial charge on any atom is 0.391 e. The van der Waals surface area contributed by atoms with Crippen LogP contribution in [0.5, 0.6) is 0 Å². The first-order valence-corrected chi connectivity index (χ1v) is 6.90. The molecule has 1 saturated heterocycles. The van der Waals surface area contributed by atoms with Crippen molar-refractivity contribution in [3.8, 4) is 0 Å². The highest BCUT2D eigenvalue weighted by Gasteiger charge is 2.41. The highest BCUT2D eigenvalue weighted by Crippen LogP contribution is 2.38. The van der Waals surface area contributed by atoms with E-state index in [1.807, 2.05) is 23.1 Å². The number of nitrogens with zero attached hydrogens (tertiary/aromatic N) is 2. The number of aromatic nitrogens is 1. The van der Waals surface area contributed by atoms with E-state index in [2.05, 4.69) is 4.98 Å². The number of benzene rings is 1. The van der Waals surface area contributed by atoms with Crippen molar-refractivity contribution in [1.82, 2.24) is 4.98 Å². The van der Waals surface area contributed by atoms with Crippen molar-refractivity contribution >= 4 is 22.1 Å². The molecular weight excluding hydrogens is 279 g/mol. The Morgan fingerprint density at radius 2 is 1.86 bits per heavy atom. The van der Waals surface area contributed by atoms with Gasteiger partial charge < -0.3 is 10.6 Å². The van der Waals surface area contributed by atoms with E-state index in [1.165, 1.54) is 0 Å². The van der Waals surface area contributed by atoms with Crippen LogP contribution in [0, 0.1) is 5.92 Å². The van der Waals surface area contributed by atoms with E-state index in [0.717, 1.165) is 16.5 Å². The zero-order chi connectivity index (χ0) is 15.0. The molecule has 0 saturated carbocycles. The van der Waals surface area contributed by atoms with Crippen LogP contribution >= 0.6 is 0 Å². The van der Waals surface area contributed by atoms with Crippen molar-refractivity contribution in [2.75, 3.05) is 23.7 Å². The van der Waals surface area contributed by atoms with E-state index >= 15 is 0 Å². The third-order valence-corrected chi connectivity index (χ3v) is 4.14. The van der Waals surface area contributed by atoms with Crippen molar-refractivity contribution in [2.24, 2.45) is 5.92 Å². The minimum Gasteiger partial charge on any atom is -0.397 e. The number of nitrogens with two attached hydrogens (primary N) is 1. The molecule has 1 fully saturated rings. The van der Waals surface area contributed by atoms with Gasteiger partial charge in [0.1, 0.15) is 0 Å². The third-order valence-electron chi connectivity index (χ3n) is 4.14. The molecule has 0 unspecified atom stereocenters. The Bertz CT molecular complexity index is 646. The Morgan fingerprint density at radius 1 is 1.14 bits per heavy atom. The maximum atomic E-state index is 12.7. The van der Waals surface area contributed by atoms with Gasteiger partial charge in [-0.2, -0.15) is 13.2 Å². The van der Waals surface area contributed by atoms with E-state index in [1.54, 1.807) is 12.4 Å². The van der Waals surface area contributed by atoms with Crippen molar-refractivity contribution in [3.05, 3.63) is 30.6 Å². The van der Waals surface area contributed by atoms with Gasteiger partial charge in [-0.15, -0.1) is 0 Å². The SMILES string of the molecule is Nc1c(N2CCC(C(F)(F)F)CC2)ccc2cnccc12. The number of hydrogen-bond acceptors (Lipinski definition) is 3. The smallest absolute Gasteiger partial charge is 0.391 e. The molecule has 6 heteroatoms. The van der Waals surface area contributed by atoms with Crippen molar-refractivity contribution < 1.29 is 13.2 Å². The number of hydrogen-bond donors (Lipinski definition) is 1. The Hall–Kier alpha value is -1.98. The van der Waals surface area contributed by atoms with Gasteiger partial charge in [0.15, 0.2) is 0 Å². The Labute approximate surface area is 120 Å². The van der Waals surface area contributed by atoms with E-state index in [9.17, 15) is 13.2 Å². The molecule has 2 N–H and O–H groups in total. The molecule has 0 spiro atoms. The molecule has 2 aromatic rings. The molecule has 1 aromatic heterocycles. The zero-order valence-corrected chi connectivity index (χ0v) is 11.4. The molecule has 0 amide bonds. The molecule has 0 aliphatic carbocycles. The summed E-state index contributed by atoms with van der Waals surface area (Å²) < 4.78 is 38.1. The first-order valence-electron chi connectivity index (χ1n) is 6.90. The average Bonchev–Trinajstić information content (AvgIpc) is 2.47. The Kier molecular flexibility index (Phi) is 3.39.